The Kier molecular flexibility index (Phi) is 3.78. The van der Waals surface area contributed by atoms with Gasteiger partial charge in [-0.1, -0.05) is 12.1 Å². The number of hydrogen-bond acceptors (Lipinski definition) is 2. The summed E-state index contributed by atoms with van der Waals surface area (Å²) in [5.41, 5.74) is 3.01. The van der Waals surface area contributed by atoms with Crippen molar-refractivity contribution in [3.05, 3.63) is 29.3 Å². The lowest BCUT2D eigenvalue weighted by Gasteiger charge is -2.25. The van der Waals surface area contributed by atoms with E-state index in [1.807, 2.05) is 25.1 Å². The van der Waals surface area contributed by atoms with Crippen LogP contribution in [0.25, 0.3) is 0 Å². The molecule has 1 fully saturated rings. The van der Waals surface area contributed by atoms with E-state index >= 15 is 0 Å². The first-order chi connectivity index (χ1) is 7.79. The number of piperidine rings is 1. The van der Waals surface area contributed by atoms with Crippen LogP contribution in [0.15, 0.2) is 18.2 Å². The standard InChI is InChI=1S/C13H19FN2/c1-10-7-11(8-14)4-5-13(10)16-12-3-2-6-15-9-12/h4-5,7,12,15-16H,2-3,6,8-9H2,1H3. The molecule has 0 spiro atoms. The molecule has 1 atom stereocenters. The number of benzene rings is 1. The van der Waals surface area contributed by atoms with Crippen molar-refractivity contribution in [2.75, 3.05) is 18.4 Å². The Morgan fingerprint density at radius 3 is 3.00 bits per heavy atom. The van der Waals surface area contributed by atoms with Crippen LogP contribution in [-0.2, 0) is 6.67 Å². The first-order valence-corrected chi connectivity index (χ1v) is 5.92. The van der Waals surface area contributed by atoms with E-state index in [2.05, 4.69) is 10.6 Å². The molecule has 2 N–H and O–H groups in total. The van der Waals surface area contributed by atoms with Gasteiger partial charge < -0.3 is 10.6 Å². The predicted octanol–water partition coefficient (Wildman–Crippen LogP) is 2.63. The molecule has 1 heterocycles. The second-order valence-corrected chi connectivity index (χ2v) is 4.47. The fraction of sp³-hybridized carbons (Fsp3) is 0.538. The lowest BCUT2D eigenvalue weighted by Crippen LogP contribution is -2.38. The van der Waals surface area contributed by atoms with Gasteiger partial charge in [-0.05, 0) is 43.5 Å². The molecule has 0 radical (unpaired) electrons. The number of hydrogen-bond donors (Lipinski definition) is 2. The summed E-state index contributed by atoms with van der Waals surface area (Å²) in [5.74, 6) is 0. The maximum atomic E-state index is 12.5. The van der Waals surface area contributed by atoms with Crippen LogP contribution in [0.1, 0.15) is 24.0 Å². The van der Waals surface area contributed by atoms with Crippen molar-refractivity contribution in [2.24, 2.45) is 0 Å². The molecular weight excluding hydrogens is 203 g/mol. The third-order valence-electron chi connectivity index (χ3n) is 3.10. The molecule has 0 aromatic heterocycles. The maximum absolute atomic E-state index is 12.5. The van der Waals surface area contributed by atoms with E-state index in [1.54, 1.807) is 0 Å². The van der Waals surface area contributed by atoms with E-state index in [1.165, 1.54) is 12.8 Å². The summed E-state index contributed by atoms with van der Waals surface area (Å²) in [6.45, 7) is 3.78. The molecule has 1 saturated heterocycles. The number of rotatable bonds is 3. The Morgan fingerprint density at radius 2 is 2.38 bits per heavy atom. The Balaban J connectivity index is 2.03. The van der Waals surface area contributed by atoms with Crippen molar-refractivity contribution in [2.45, 2.75) is 32.5 Å². The van der Waals surface area contributed by atoms with Gasteiger partial charge in [0, 0.05) is 18.3 Å². The average molecular weight is 222 g/mol. The van der Waals surface area contributed by atoms with Gasteiger partial charge >= 0.3 is 0 Å². The fourth-order valence-electron chi connectivity index (χ4n) is 2.17. The number of halogens is 1. The van der Waals surface area contributed by atoms with E-state index < -0.39 is 0 Å². The van der Waals surface area contributed by atoms with E-state index in [9.17, 15) is 4.39 Å². The van der Waals surface area contributed by atoms with Crippen LogP contribution >= 0.6 is 0 Å². The molecule has 0 saturated carbocycles. The van der Waals surface area contributed by atoms with Gasteiger partial charge in [0.2, 0.25) is 0 Å². The van der Waals surface area contributed by atoms with E-state index in [0.29, 0.717) is 6.04 Å². The van der Waals surface area contributed by atoms with Crippen LogP contribution in [0, 0.1) is 6.92 Å². The summed E-state index contributed by atoms with van der Waals surface area (Å²) >= 11 is 0. The zero-order valence-electron chi connectivity index (χ0n) is 9.72. The van der Waals surface area contributed by atoms with Crippen molar-refractivity contribution in [1.82, 2.24) is 5.32 Å². The third kappa shape index (κ3) is 2.73. The molecule has 0 aliphatic carbocycles. The van der Waals surface area contributed by atoms with Crippen LogP contribution in [0.4, 0.5) is 10.1 Å². The van der Waals surface area contributed by atoms with E-state index in [0.717, 1.165) is 29.9 Å². The van der Waals surface area contributed by atoms with Crippen molar-refractivity contribution in [3.8, 4) is 0 Å². The quantitative estimate of drug-likeness (QED) is 0.821. The molecule has 0 bridgehead atoms. The normalized spacial score (nSPS) is 20.8. The minimum absolute atomic E-state index is 0.383. The molecular formula is C13H19FN2. The molecule has 3 heteroatoms. The number of aryl methyl sites for hydroxylation is 1. The number of anilines is 1. The molecule has 16 heavy (non-hydrogen) atoms. The lowest BCUT2D eigenvalue weighted by molar-refractivity contribution is 0.479. The molecule has 1 aliphatic rings. The summed E-state index contributed by atoms with van der Waals surface area (Å²) in [7, 11) is 0. The Morgan fingerprint density at radius 1 is 1.50 bits per heavy atom. The summed E-state index contributed by atoms with van der Waals surface area (Å²) in [6, 6.07) is 6.26. The second kappa shape index (κ2) is 5.30. The van der Waals surface area contributed by atoms with Crippen molar-refractivity contribution >= 4 is 5.69 Å². The summed E-state index contributed by atoms with van der Waals surface area (Å²) in [4.78, 5) is 0. The second-order valence-electron chi connectivity index (χ2n) is 4.47. The first kappa shape index (κ1) is 11.4. The highest BCUT2D eigenvalue weighted by Gasteiger charge is 2.13. The lowest BCUT2D eigenvalue weighted by atomic mass is 10.1. The molecule has 1 aromatic rings. The smallest absolute Gasteiger partial charge is 0.115 e. The summed E-state index contributed by atoms with van der Waals surface area (Å²) < 4.78 is 12.5. The Bertz CT molecular complexity index is 346. The topological polar surface area (TPSA) is 24.1 Å². The monoisotopic (exact) mass is 222 g/mol. The van der Waals surface area contributed by atoms with Crippen LogP contribution in [0.5, 0.6) is 0 Å². The van der Waals surface area contributed by atoms with Gasteiger partial charge in [-0.3, -0.25) is 0 Å². The fourth-order valence-corrected chi connectivity index (χ4v) is 2.17. The molecule has 1 unspecified atom stereocenters. The van der Waals surface area contributed by atoms with Gasteiger partial charge in [0.05, 0.1) is 0 Å². The zero-order valence-corrected chi connectivity index (χ0v) is 9.72. The van der Waals surface area contributed by atoms with Crippen LogP contribution in [-0.4, -0.2) is 19.1 Å². The highest BCUT2D eigenvalue weighted by Crippen LogP contribution is 2.19. The molecule has 1 aliphatic heterocycles. The number of alkyl halides is 1. The molecule has 2 nitrogen and oxygen atoms in total. The molecule has 1 aromatic carbocycles. The van der Waals surface area contributed by atoms with Gasteiger partial charge in [-0.15, -0.1) is 0 Å². The number of nitrogens with one attached hydrogen (secondary N) is 2. The average Bonchev–Trinajstić information content (AvgIpc) is 2.33. The van der Waals surface area contributed by atoms with Gasteiger partial charge in [-0.25, -0.2) is 4.39 Å². The van der Waals surface area contributed by atoms with Crippen molar-refractivity contribution < 1.29 is 4.39 Å². The molecule has 0 amide bonds. The summed E-state index contributed by atoms with van der Waals surface area (Å²) in [5, 5.41) is 6.89. The SMILES string of the molecule is Cc1cc(CF)ccc1NC1CCCNC1. The zero-order chi connectivity index (χ0) is 11.4. The highest BCUT2D eigenvalue weighted by molar-refractivity contribution is 5.52. The van der Waals surface area contributed by atoms with Crippen molar-refractivity contribution in [3.63, 3.8) is 0 Å². The Hall–Kier alpha value is -1.09. The van der Waals surface area contributed by atoms with Gasteiger partial charge in [0.25, 0.3) is 0 Å². The Labute approximate surface area is 96.2 Å². The predicted molar refractivity (Wildman–Crippen MR) is 65.5 cm³/mol. The van der Waals surface area contributed by atoms with Crippen LogP contribution in [0.2, 0.25) is 0 Å². The van der Waals surface area contributed by atoms with Gasteiger partial charge in [-0.2, -0.15) is 0 Å². The van der Waals surface area contributed by atoms with Gasteiger partial charge in [0.1, 0.15) is 6.67 Å². The maximum Gasteiger partial charge on any atom is 0.115 e. The molecule has 2 rings (SSSR count). The largest absolute Gasteiger partial charge is 0.381 e. The first-order valence-electron chi connectivity index (χ1n) is 5.92. The summed E-state index contributed by atoms with van der Waals surface area (Å²) in [6.07, 6.45) is 2.43. The van der Waals surface area contributed by atoms with E-state index in [4.69, 9.17) is 0 Å². The minimum atomic E-state index is -0.383. The third-order valence-corrected chi connectivity index (χ3v) is 3.10. The van der Waals surface area contributed by atoms with Crippen LogP contribution in [0.3, 0.4) is 0 Å². The molecule has 88 valence electrons. The van der Waals surface area contributed by atoms with E-state index in [-0.39, 0.29) is 6.67 Å². The highest BCUT2D eigenvalue weighted by atomic mass is 19.1. The minimum Gasteiger partial charge on any atom is -0.381 e. The van der Waals surface area contributed by atoms with Crippen LogP contribution < -0.4 is 10.6 Å². The van der Waals surface area contributed by atoms with Crippen molar-refractivity contribution in [1.29, 1.82) is 0 Å². The van der Waals surface area contributed by atoms with Gasteiger partial charge in [0.15, 0.2) is 0 Å².